The van der Waals surface area contributed by atoms with Gasteiger partial charge in [0.05, 0.1) is 22.0 Å². The average molecular weight is 717 g/mol. The minimum absolute atomic E-state index is 0.0455. The van der Waals surface area contributed by atoms with E-state index in [1.54, 1.807) is 49.0 Å². The van der Waals surface area contributed by atoms with Gasteiger partial charge in [-0.3, -0.25) is 9.59 Å². The Bertz CT molecular complexity index is 2070. The highest BCUT2D eigenvalue weighted by atomic mass is 35.5. The maximum Gasteiger partial charge on any atom is 0.307 e. The zero-order valence-electron chi connectivity index (χ0n) is 27.1. The summed E-state index contributed by atoms with van der Waals surface area (Å²) in [7, 11) is -4.09. The monoisotopic (exact) mass is 716 g/mol. The van der Waals surface area contributed by atoms with E-state index in [0.717, 1.165) is 22.2 Å². The third kappa shape index (κ3) is 9.41. The number of rotatable bonds is 15. The van der Waals surface area contributed by atoms with Gasteiger partial charge in [-0.1, -0.05) is 79.2 Å². The van der Waals surface area contributed by atoms with Crippen molar-refractivity contribution in [2.45, 2.75) is 49.9 Å². The number of nitrogens with zero attached hydrogens (tertiary/aromatic N) is 1. The number of pyridine rings is 1. The van der Waals surface area contributed by atoms with Crippen LogP contribution < -0.4 is 9.46 Å². The lowest BCUT2D eigenvalue weighted by atomic mass is 9.99. The molecule has 1 heterocycles. The molecular formula is C38H37ClN2O6S2. The van der Waals surface area contributed by atoms with Crippen LogP contribution in [0.2, 0.25) is 5.02 Å². The number of aliphatic carboxylic acids is 1. The first-order valence-corrected chi connectivity index (χ1v) is 18.8. The van der Waals surface area contributed by atoms with Crippen LogP contribution in [-0.2, 0) is 27.8 Å². The molecular weight excluding hydrogens is 680 g/mol. The topological polar surface area (TPSA) is 123 Å². The Labute approximate surface area is 295 Å². The van der Waals surface area contributed by atoms with Gasteiger partial charge in [-0.15, -0.1) is 0 Å². The Balaban J connectivity index is 1.34. The highest BCUT2D eigenvalue weighted by Gasteiger charge is 2.24. The number of carboxylic acid groups (broad SMARTS) is 1. The van der Waals surface area contributed by atoms with E-state index >= 15 is 0 Å². The Kier molecular flexibility index (Phi) is 12.0. The molecule has 0 bridgehead atoms. The molecule has 1 amide bonds. The number of ether oxygens (including phenoxy) is 1. The molecule has 1 aromatic heterocycles. The van der Waals surface area contributed by atoms with E-state index in [1.807, 2.05) is 73.7 Å². The number of carbonyl (C=O) groups is 2. The van der Waals surface area contributed by atoms with Crippen LogP contribution in [-0.4, -0.2) is 36.1 Å². The largest absolute Gasteiger partial charge is 0.487 e. The van der Waals surface area contributed by atoms with Crippen molar-refractivity contribution in [3.8, 4) is 5.75 Å². The zero-order chi connectivity index (χ0) is 35.0. The molecule has 0 aliphatic carbocycles. The standard InChI is InChI=1S/C38H37ClN2O6S2/c1-3-26(38(43)44)24-48-35(29-11-8-12-32(21-29)47-23-31-19-16-28-15-18-30(39)22-34(28)40-31)20-17-27-10-5-6-13-33(27)37(42)41-49(45,46)36-14-7-4-9-25(36)2/h4-16,18-19,21-22,26,35H,3,17,20,23-24H2,1-2H3,(H,41,42)(H,43,44). The number of sulfonamides is 1. The van der Waals surface area contributed by atoms with Crippen molar-refractivity contribution < 1.29 is 27.9 Å². The minimum atomic E-state index is -4.09. The predicted molar refractivity (Wildman–Crippen MR) is 195 cm³/mol. The summed E-state index contributed by atoms with van der Waals surface area (Å²) in [4.78, 5) is 29.9. The van der Waals surface area contributed by atoms with Crippen LogP contribution in [0, 0.1) is 12.8 Å². The summed E-state index contributed by atoms with van der Waals surface area (Å²) in [5.74, 6) is -1.01. The lowest BCUT2D eigenvalue weighted by Crippen LogP contribution is -2.31. The lowest BCUT2D eigenvalue weighted by molar-refractivity contribution is -0.140. The molecule has 2 atom stereocenters. The quantitative estimate of drug-likeness (QED) is 0.111. The van der Waals surface area contributed by atoms with Crippen LogP contribution >= 0.6 is 23.4 Å². The number of hydrogen-bond acceptors (Lipinski definition) is 7. The van der Waals surface area contributed by atoms with Crippen molar-refractivity contribution >= 4 is 56.2 Å². The number of carbonyl (C=O) groups excluding carboxylic acids is 1. The Morgan fingerprint density at radius 3 is 2.49 bits per heavy atom. The van der Waals surface area contributed by atoms with Crippen molar-refractivity contribution in [1.82, 2.24) is 9.71 Å². The van der Waals surface area contributed by atoms with E-state index in [2.05, 4.69) is 9.71 Å². The van der Waals surface area contributed by atoms with Crippen LogP contribution in [0.15, 0.2) is 108 Å². The van der Waals surface area contributed by atoms with Gasteiger partial charge in [-0.05, 0) is 85.3 Å². The number of thioether (sulfide) groups is 1. The fraction of sp³-hybridized carbons (Fsp3) is 0.237. The summed E-state index contributed by atoms with van der Waals surface area (Å²) >= 11 is 7.70. The summed E-state index contributed by atoms with van der Waals surface area (Å²) in [5, 5.41) is 11.2. The Morgan fingerprint density at radius 1 is 0.959 bits per heavy atom. The number of hydrogen-bond donors (Lipinski definition) is 2. The Morgan fingerprint density at radius 2 is 1.71 bits per heavy atom. The molecule has 0 fully saturated rings. The van der Waals surface area contributed by atoms with E-state index in [4.69, 9.17) is 16.3 Å². The molecule has 2 N–H and O–H groups in total. The molecule has 49 heavy (non-hydrogen) atoms. The van der Waals surface area contributed by atoms with Gasteiger partial charge in [-0.2, -0.15) is 11.8 Å². The molecule has 0 aliphatic heterocycles. The summed E-state index contributed by atoms with van der Waals surface area (Å²) in [6.07, 6.45) is 1.51. The van der Waals surface area contributed by atoms with E-state index in [9.17, 15) is 23.1 Å². The maximum atomic E-state index is 13.3. The molecule has 0 radical (unpaired) electrons. The van der Waals surface area contributed by atoms with E-state index in [-0.39, 0.29) is 22.3 Å². The van der Waals surface area contributed by atoms with Gasteiger partial charge in [0, 0.05) is 27.0 Å². The molecule has 5 rings (SSSR count). The molecule has 2 unspecified atom stereocenters. The Hall–Kier alpha value is -4.38. The van der Waals surface area contributed by atoms with Crippen LogP contribution in [0.25, 0.3) is 10.9 Å². The average Bonchev–Trinajstić information content (AvgIpc) is 3.08. The number of amides is 1. The molecule has 5 aromatic rings. The van der Waals surface area contributed by atoms with Gasteiger partial charge in [0.25, 0.3) is 15.9 Å². The van der Waals surface area contributed by atoms with Gasteiger partial charge < -0.3 is 9.84 Å². The first-order chi connectivity index (χ1) is 23.5. The molecule has 8 nitrogen and oxygen atoms in total. The normalized spacial score (nSPS) is 12.7. The van der Waals surface area contributed by atoms with Crippen LogP contribution in [0.5, 0.6) is 5.75 Å². The number of benzene rings is 4. The van der Waals surface area contributed by atoms with Crippen molar-refractivity contribution in [1.29, 1.82) is 0 Å². The van der Waals surface area contributed by atoms with Gasteiger partial charge in [0.1, 0.15) is 12.4 Å². The molecule has 0 saturated carbocycles. The van der Waals surface area contributed by atoms with Crippen molar-refractivity contribution in [2.75, 3.05) is 5.75 Å². The van der Waals surface area contributed by atoms with Crippen LogP contribution in [0.4, 0.5) is 0 Å². The fourth-order valence-electron chi connectivity index (χ4n) is 5.45. The van der Waals surface area contributed by atoms with E-state index < -0.39 is 27.8 Å². The number of aromatic nitrogens is 1. The number of aryl methyl sites for hydroxylation is 2. The minimum Gasteiger partial charge on any atom is -0.487 e. The number of nitrogens with one attached hydrogen (secondary N) is 1. The first kappa shape index (κ1) is 35.9. The molecule has 11 heteroatoms. The third-order valence-corrected chi connectivity index (χ3v) is 11.4. The van der Waals surface area contributed by atoms with Crippen LogP contribution in [0.1, 0.15) is 57.8 Å². The molecule has 0 aliphatic rings. The second kappa shape index (κ2) is 16.3. The summed E-state index contributed by atoms with van der Waals surface area (Å²) in [6.45, 7) is 3.78. The van der Waals surface area contributed by atoms with E-state index in [0.29, 0.717) is 46.9 Å². The third-order valence-electron chi connectivity index (χ3n) is 8.22. The van der Waals surface area contributed by atoms with Crippen molar-refractivity contribution in [3.63, 3.8) is 0 Å². The fourth-order valence-corrected chi connectivity index (χ4v) is 8.30. The smallest absolute Gasteiger partial charge is 0.307 e. The van der Waals surface area contributed by atoms with Gasteiger partial charge >= 0.3 is 5.97 Å². The summed E-state index contributed by atoms with van der Waals surface area (Å²) < 4.78 is 34.5. The number of halogens is 1. The second-order valence-electron chi connectivity index (χ2n) is 11.7. The highest BCUT2D eigenvalue weighted by Crippen LogP contribution is 2.37. The maximum absolute atomic E-state index is 13.3. The van der Waals surface area contributed by atoms with Crippen molar-refractivity contribution in [3.05, 3.63) is 136 Å². The second-order valence-corrected chi connectivity index (χ2v) is 15.0. The summed E-state index contributed by atoms with van der Waals surface area (Å²) in [6, 6.07) is 30.6. The predicted octanol–water partition coefficient (Wildman–Crippen LogP) is 8.41. The van der Waals surface area contributed by atoms with Gasteiger partial charge in [0.15, 0.2) is 0 Å². The molecule has 254 valence electrons. The van der Waals surface area contributed by atoms with Gasteiger partial charge in [0.2, 0.25) is 0 Å². The SMILES string of the molecule is CCC(CSC(CCc1ccccc1C(=O)NS(=O)(=O)c1ccccc1C)c1cccc(OCc2ccc3ccc(Cl)cc3n2)c1)C(=O)O. The number of fused-ring (bicyclic) bond motifs is 1. The molecule has 0 saturated heterocycles. The van der Waals surface area contributed by atoms with E-state index in [1.165, 1.54) is 6.07 Å². The summed E-state index contributed by atoms with van der Waals surface area (Å²) in [5.41, 5.74) is 3.96. The lowest BCUT2D eigenvalue weighted by Gasteiger charge is -2.21. The van der Waals surface area contributed by atoms with Gasteiger partial charge in [-0.25, -0.2) is 18.1 Å². The molecule has 4 aromatic carbocycles. The highest BCUT2D eigenvalue weighted by molar-refractivity contribution is 7.99. The first-order valence-electron chi connectivity index (χ1n) is 15.9. The van der Waals surface area contributed by atoms with Crippen LogP contribution in [0.3, 0.4) is 0 Å². The molecule has 0 spiro atoms. The van der Waals surface area contributed by atoms with Crippen molar-refractivity contribution in [2.24, 2.45) is 5.92 Å². The number of carboxylic acids is 1. The zero-order valence-corrected chi connectivity index (χ0v) is 29.5.